The van der Waals surface area contributed by atoms with Gasteiger partial charge in [-0.25, -0.2) is 17.5 Å². The van der Waals surface area contributed by atoms with Crippen LogP contribution in [0, 0.1) is 0 Å². The standard InChI is InChI=1S/C18H23N9O4S/c28-15-13(22-18(29)24-15)9-11-10-20-27-14(11)23-16(25-17(27)21-12-3-4-12)19-5-8-32(30,31)26-6-1-2-7-26/h9-10,12H,1-8H2,(H2,19,21,23,25)(H2,22,24,28,29)/b13-9-. The van der Waals surface area contributed by atoms with Crippen LogP contribution in [0.15, 0.2) is 11.9 Å². The number of amides is 3. The summed E-state index contributed by atoms with van der Waals surface area (Å²) < 4.78 is 28.0. The second-order valence-corrected chi connectivity index (χ2v) is 10.0. The molecular weight excluding hydrogens is 438 g/mol. The van der Waals surface area contributed by atoms with Crippen molar-refractivity contribution in [2.24, 2.45) is 0 Å². The molecule has 13 nitrogen and oxygen atoms in total. The van der Waals surface area contributed by atoms with Crippen molar-refractivity contribution in [1.82, 2.24) is 34.5 Å². The van der Waals surface area contributed by atoms with Gasteiger partial charge in [0.1, 0.15) is 5.70 Å². The Morgan fingerprint density at radius 3 is 2.62 bits per heavy atom. The molecule has 3 aliphatic rings. The van der Waals surface area contributed by atoms with Gasteiger partial charge < -0.3 is 16.0 Å². The minimum absolute atomic E-state index is 0.0602. The first-order valence-electron chi connectivity index (χ1n) is 10.5. The number of carbonyl (C=O) groups is 2. The van der Waals surface area contributed by atoms with E-state index in [4.69, 9.17) is 0 Å². The molecule has 170 valence electrons. The molecule has 0 radical (unpaired) electrons. The molecule has 5 rings (SSSR count). The summed E-state index contributed by atoms with van der Waals surface area (Å²) in [5.41, 5.74) is 1.01. The van der Waals surface area contributed by atoms with E-state index in [1.54, 1.807) is 0 Å². The van der Waals surface area contributed by atoms with Crippen molar-refractivity contribution in [1.29, 1.82) is 0 Å². The highest BCUT2D eigenvalue weighted by Gasteiger charge is 2.27. The number of fused-ring (bicyclic) bond motifs is 1. The van der Waals surface area contributed by atoms with Gasteiger partial charge in [0, 0.05) is 31.2 Å². The highest BCUT2D eigenvalue weighted by Crippen LogP contribution is 2.25. The Morgan fingerprint density at radius 1 is 1.16 bits per heavy atom. The van der Waals surface area contributed by atoms with E-state index in [2.05, 4.69) is 36.3 Å². The summed E-state index contributed by atoms with van der Waals surface area (Å²) in [5.74, 6) is 0.115. The van der Waals surface area contributed by atoms with Gasteiger partial charge in [-0.15, -0.1) is 0 Å². The number of nitrogens with one attached hydrogen (secondary N) is 4. The SMILES string of the molecule is O=C1NC(=O)/C(=C/c2cnn3c(NC4CC4)nc(NCCS(=O)(=O)N4CCCC4)nc23)N1. The molecule has 3 amide bonds. The summed E-state index contributed by atoms with van der Waals surface area (Å²) >= 11 is 0. The number of imide groups is 1. The maximum Gasteiger partial charge on any atom is 0.326 e. The first kappa shape index (κ1) is 20.6. The molecule has 4 heterocycles. The smallest absolute Gasteiger partial charge is 0.326 e. The summed E-state index contributed by atoms with van der Waals surface area (Å²) in [4.78, 5) is 32.2. The molecule has 0 unspecified atom stereocenters. The molecule has 0 bridgehead atoms. The minimum Gasteiger partial charge on any atom is -0.353 e. The third kappa shape index (κ3) is 4.23. The summed E-state index contributed by atoms with van der Waals surface area (Å²) in [6.07, 6.45) is 6.83. The first-order chi connectivity index (χ1) is 15.4. The van der Waals surface area contributed by atoms with Crippen LogP contribution in [0.2, 0.25) is 0 Å². The molecule has 0 aromatic carbocycles. The van der Waals surface area contributed by atoms with Crippen LogP contribution in [0.3, 0.4) is 0 Å². The van der Waals surface area contributed by atoms with E-state index in [0.717, 1.165) is 25.7 Å². The summed E-state index contributed by atoms with van der Waals surface area (Å²) in [6, 6.07) is -0.299. The van der Waals surface area contributed by atoms with Crippen LogP contribution in [-0.4, -0.2) is 75.7 Å². The quantitative estimate of drug-likeness (QED) is 0.306. The average Bonchev–Trinajstić information content (AvgIpc) is 3.13. The molecule has 3 fully saturated rings. The predicted octanol–water partition coefficient (Wildman–Crippen LogP) is -0.284. The van der Waals surface area contributed by atoms with Crippen molar-refractivity contribution in [3.8, 4) is 0 Å². The molecule has 2 aromatic heterocycles. The van der Waals surface area contributed by atoms with Crippen LogP contribution >= 0.6 is 0 Å². The summed E-state index contributed by atoms with van der Waals surface area (Å²) in [5, 5.41) is 15.2. The van der Waals surface area contributed by atoms with Crippen molar-refractivity contribution in [3.05, 3.63) is 17.5 Å². The monoisotopic (exact) mass is 461 g/mol. The van der Waals surface area contributed by atoms with Crippen LogP contribution in [-0.2, 0) is 14.8 Å². The molecule has 2 aromatic rings. The maximum absolute atomic E-state index is 12.5. The van der Waals surface area contributed by atoms with Crippen molar-refractivity contribution >= 4 is 45.6 Å². The number of hydrogen-bond donors (Lipinski definition) is 4. The molecule has 14 heteroatoms. The predicted molar refractivity (Wildman–Crippen MR) is 115 cm³/mol. The largest absolute Gasteiger partial charge is 0.353 e. The number of sulfonamides is 1. The van der Waals surface area contributed by atoms with Crippen LogP contribution in [0.25, 0.3) is 11.7 Å². The Hall–Kier alpha value is -3.26. The van der Waals surface area contributed by atoms with Crippen LogP contribution in [0.1, 0.15) is 31.2 Å². The number of anilines is 2. The minimum atomic E-state index is -3.33. The zero-order chi connectivity index (χ0) is 22.3. The Labute approximate surface area is 183 Å². The number of nitrogens with zero attached hydrogens (tertiary/aromatic N) is 5. The molecular formula is C18H23N9O4S. The van der Waals surface area contributed by atoms with E-state index in [1.807, 2.05) is 0 Å². The van der Waals surface area contributed by atoms with Crippen LogP contribution in [0.5, 0.6) is 0 Å². The van der Waals surface area contributed by atoms with Gasteiger partial charge in [0.05, 0.1) is 11.9 Å². The first-order valence-corrected chi connectivity index (χ1v) is 12.1. The number of carbonyl (C=O) groups excluding carboxylic acids is 2. The van der Waals surface area contributed by atoms with E-state index in [1.165, 1.54) is 21.1 Å². The fourth-order valence-electron chi connectivity index (χ4n) is 3.60. The van der Waals surface area contributed by atoms with Gasteiger partial charge in [-0.1, -0.05) is 0 Å². The van der Waals surface area contributed by atoms with Crippen molar-refractivity contribution in [3.63, 3.8) is 0 Å². The average molecular weight is 462 g/mol. The van der Waals surface area contributed by atoms with E-state index >= 15 is 0 Å². The number of rotatable bonds is 8. The lowest BCUT2D eigenvalue weighted by Crippen LogP contribution is -2.32. The molecule has 1 aliphatic carbocycles. The number of urea groups is 1. The van der Waals surface area contributed by atoms with Gasteiger partial charge in [0.2, 0.25) is 21.9 Å². The second-order valence-electron chi connectivity index (χ2n) is 7.94. The lowest BCUT2D eigenvalue weighted by molar-refractivity contribution is -0.115. The number of hydrogen-bond acceptors (Lipinski definition) is 9. The van der Waals surface area contributed by atoms with Gasteiger partial charge in [0.25, 0.3) is 5.91 Å². The van der Waals surface area contributed by atoms with Gasteiger partial charge in [-0.05, 0) is 31.8 Å². The van der Waals surface area contributed by atoms with Gasteiger partial charge in [-0.3, -0.25) is 10.1 Å². The zero-order valence-corrected chi connectivity index (χ0v) is 18.0. The van der Waals surface area contributed by atoms with E-state index in [-0.39, 0.29) is 23.9 Å². The zero-order valence-electron chi connectivity index (χ0n) is 17.2. The summed E-state index contributed by atoms with van der Waals surface area (Å²) in [7, 11) is -3.33. The Kier molecular flexibility index (Phi) is 5.17. The van der Waals surface area contributed by atoms with Crippen molar-refractivity contribution < 1.29 is 18.0 Å². The van der Waals surface area contributed by atoms with Crippen LogP contribution in [0.4, 0.5) is 16.7 Å². The second kappa shape index (κ2) is 8.02. The maximum atomic E-state index is 12.5. The van der Waals surface area contributed by atoms with Crippen molar-refractivity contribution in [2.75, 3.05) is 36.0 Å². The molecule has 32 heavy (non-hydrogen) atoms. The molecule has 0 spiro atoms. The lowest BCUT2D eigenvalue weighted by atomic mass is 10.2. The fraction of sp³-hybridized carbons (Fsp3) is 0.500. The van der Waals surface area contributed by atoms with E-state index in [9.17, 15) is 18.0 Å². The third-order valence-electron chi connectivity index (χ3n) is 5.43. The topological polar surface area (TPSA) is 163 Å². The van der Waals surface area contributed by atoms with Crippen molar-refractivity contribution in [2.45, 2.75) is 31.7 Å². The molecule has 4 N–H and O–H groups in total. The molecule has 0 atom stereocenters. The normalized spacial score (nSPS) is 20.7. The van der Waals surface area contributed by atoms with Gasteiger partial charge in [0.15, 0.2) is 5.65 Å². The molecule has 2 saturated heterocycles. The molecule has 2 aliphatic heterocycles. The fourth-order valence-corrected chi connectivity index (χ4v) is 5.04. The Morgan fingerprint density at radius 2 is 1.94 bits per heavy atom. The Bertz CT molecular complexity index is 1210. The van der Waals surface area contributed by atoms with Gasteiger partial charge in [-0.2, -0.15) is 19.6 Å². The van der Waals surface area contributed by atoms with Gasteiger partial charge >= 0.3 is 6.03 Å². The number of aromatic nitrogens is 4. The summed E-state index contributed by atoms with van der Waals surface area (Å²) in [6.45, 7) is 1.29. The lowest BCUT2D eigenvalue weighted by Gasteiger charge is -2.15. The van der Waals surface area contributed by atoms with Crippen LogP contribution < -0.4 is 21.3 Å². The molecule has 1 saturated carbocycles. The van der Waals surface area contributed by atoms with E-state index < -0.39 is 22.0 Å². The Balaban J connectivity index is 1.40. The highest BCUT2D eigenvalue weighted by atomic mass is 32.2. The van der Waals surface area contributed by atoms with E-state index in [0.29, 0.717) is 36.3 Å². The third-order valence-corrected chi connectivity index (χ3v) is 7.30. The highest BCUT2D eigenvalue weighted by molar-refractivity contribution is 7.89.